The highest BCUT2D eigenvalue weighted by atomic mass is 16.6. The topological polar surface area (TPSA) is 75.2 Å². The van der Waals surface area contributed by atoms with Gasteiger partial charge >= 0.3 is 6.09 Å². The van der Waals surface area contributed by atoms with Gasteiger partial charge in [-0.3, -0.25) is 4.99 Å². The number of nitrogens with one attached hydrogen (secondary N) is 2. The van der Waals surface area contributed by atoms with E-state index in [2.05, 4.69) is 22.5 Å². The molecule has 1 atom stereocenters. The largest absolute Gasteiger partial charge is 0.444 e. The van der Waals surface area contributed by atoms with Crippen molar-refractivity contribution in [3.8, 4) is 0 Å². The molecule has 24 heavy (non-hydrogen) atoms. The molecule has 1 rings (SSSR count). The summed E-state index contributed by atoms with van der Waals surface area (Å²) < 4.78 is 10.5. The third-order valence-electron chi connectivity index (χ3n) is 3.85. The summed E-state index contributed by atoms with van der Waals surface area (Å²) in [6.45, 7) is 10.7. The van der Waals surface area contributed by atoms with Crippen LogP contribution in [0.2, 0.25) is 0 Å². The molecule has 1 aliphatic rings. The van der Waals surface area contributed by atoms with Crippen molar-refractivity contribution in [3.63, 3.8) is 0 Å². The Labute approximate surface area is 146 Å². The first-order valence-electron chi connectivity index (χ1n) is 8.69. The molecule has 0 aliphatic carbocycles. The van der Waals surface area contributed by atoms with E-state index < -0.39 is 5.60 Å². The minimum atomic E-state index is -0.438. The van der Waals surface area contributed by atoms with Crippen LogP contribution in [0.5, 0.6) is 0 Å². The van der Waals surface area contributed by atoms with Crippen molar-refractivity contribution in [2.45, 2.75) is 52.2 Å². The number of aliphatic imine (C=N–C) groups is 1. The summed E-state index contributed by atoms with van der Waals surface area (Å²) in [5.41, 5.74) is -0.438. The molecule has 1 amide bonds. The van der Waals surface area contributed by atoms with Gasteiger partial charge in [0.2, 0.25) is 0 Å². The molecule has 140 valence electrons. The van der Waals surface area contributed by atoms with Gasteiger partial charge in [0.15, 0.2) is 5.96 Å². The van der Waals surface area contributed by atoms with E-state index in [1.54, 1.807) is 19.1 Å². The van der Waals surface area contributed by atoms with Gasteiger partial charge in [0.1, 0.15) is 5.60 Å². The lowest BCUT2D eigenvalue weighted by molar-refractivity contribution is 0.0185. The third-order valence-corrected chi connectivity index (χ3v) is 3.85. The number of hydrogen-bond donors (Lipinski definition) is 2. The number of likely N-dealkylation sites (tertiary alicyclic amines) is 1. The van der Waals surface area contributed by atoms with Gasteiger partial charge < -0.3 is 25.0 Å². The van der Waals surface area contributed by atoms with Crippen molar-refractivity contribution in [2.75, 3.05) is 40.4 Å². The Bertz CT molecular complexity index is 413. The second kappa shape index (κ2) is 9.71. The molecule has 0 aromatic rings. The Morgan fingerprint density at radius 2 is 1.96 bits per heavy atom. The predicted octanol–water partition coefficient (Wildman–Crippen LogP) is 1.83. The van der Waals surface area contributed by atoms with Crippen LogP contribution in [0.1, 0.15) is 40.5 Å². The Hall–Kier alpha value is -1.50. The van der Waals surface area contributed by atoms with Crippen LogP contribution in [-0.2, 0) is 9.47 Å². The van der Waals surface area contributed by atoms with Crippen LogP contribution >= 0.6 is 0 Å². The van der Waals surface area contributed by atoms with Gasteiger partial charge in [-0.2, -0.15) is 0 Å². The van der Waals surface area contributed by atoms with Gasteiger partial charge in [-0.05, 0) is 46.5 Å². The number of rotatable bonds is 5. The Balaban J connectivity index is 2.31. The summed E-state index contributed by atoms with van der Waals surface area (Å²) in [6.07, 6.45) is 1.73. The summed E-state index contributed by atoms with van der Waals surface area (Å²) in [5, 5.41) is 6.65. The molecule has 1 fully saturated rings. The monoisotopic (exact) mass is 342 g/mol. The minimum Gasteiger partial charge on any atom is -0.444 e. The van der Waals surface area contributed by atoms with Gasteiger partial charge in [-0.25, -0.2) is 4.79 Å². The fourth-order valence-electron chi connectivity index (χ4n) is 2.61. The van der Waals surface area contributed by atoms with Crippen LogP contribution in [0.15, 0.2) is 4.99 Å². The predicted molar refractivity (Wildman–Crippen MR) is 96.4 cm³/mol. The van der Waals surface area contributed by atoms with Crippen molar-refractivity contribution < 1.29 is 14.3 Å². The number of carbonyl (C=O) groups excluding carboxylic acids is 1. The van der Waals surface area contributed by atoms with Crippen LogP contribution in [0.25, 0.3) is 0 Å². The van der Waals surface area contributed by atoms with Crippen molar-refractivity contribution in [3.05, 3.63) is 0 Å². The van der Waals surface area contributed by atoms with Crippen LogP contribution in [0.3, 0.4) is 0 Å². The van der Waals surface area contributed by atoms with E-state index in [9.17, 15) is 4.79 Å². The van der Waals surface area contributed by atoms with Crippen molar-refractivity contribution in [1.29, 1.82) is 0 Å². The summed E-state index contributed by atoms with van der Waals surface area (Å²) in [5.74, 6) is 1.31. The second-order valence-electron chi connectivity index (χ2n) is 7.36. The lowest BCUT2D eigenvalue weighted by atomic mass is 9.97. The number of piperidine rings is 1. The summed E-state index contributed by atoms with van der Waals surface area (Å²) in [6, 6.07) is 0.204. The first-order valence-corrected chi connectivity index (χ1v) is 8.69. The maximum atomic E-state index is 12.1. The van der Waals surface area contributed by atoms with E-state index >= 15 is 0 Å². The molecule has 0 aromatic carbocycles. The molecule has 0 radical (unpaired) electrons. The highest BCUT2D eigenvalue weighted by molar-refractivity contribution is 5.79. The number of nitrogens with zero attached hydrogens (tertiary/aromatic N) is 2. The van der Waals surface area contributed by atoms with Crippen LogP contribution in [-0.4, -0.2) is 69.0 Å². The molecule has 0 saturated carbocycles. The number of carbonyl (C=O) groups is 1. The smallest absolute Gasteiger partial charge is 0.410 e. The highest BCUT2D eigenvalue weighted by Gasteiger charge is 2.26. The fraction of sp³-hybridized carbons (Fsp3) is 0.882. The average Bonchev–Trinajstić information content (AvgIpc) is 2.50. The first-order chi connectivity index (χ1) is 11.2. The fourth-order valence-corrected chi connectivity index (χ4v) is 2.61. The number of methoxy groups -OCH3 is 1. The average molecular weight is 342 g/mol. The van der Waals surface area contributed by atoms with E-state index in [0.717, 1.165) is 38.4 Å². The minimum absolute atomic E-state index is 0.204. The van der Waals surface area contributed by atoms with Gasteiger partial charge in [0.25, 0.3) is 0 Å². The van der Waals surface area contributed by atoms with Crippen molar-refractivity contribution in [1.82, 2.24) is 15.5 Å². The van der Waals surface area contributed by atoms with Crippen molar-refractivity contribution in [2.24, 2.45) is 10.9 Å². The molecule has 2 N–H and O–H groups in total. The lowest BCUT2D eigenvalue weighted by Gasteiger charge is -2.33. The second-order valence-corrected chi connectivity index (χ2v) is 7.36. The molecule has 0 bridgehead atoms. The van der Waals surface area contributed by atoms with Gasteiger partial charge in [0, 0.05) is 39.8 Å². The van der Waals surface area contributed by atoms with E-state index in [1.807, 2.05) is 20.8 Å². The Kier molecular flexibility index (Phi) is 8.31. The zero-order valence-corrected chi connectivity index (χ0v) is 16.0. The molecule has 7 nitrogen and oxygen atoms in total. The summed E-state index contributed by atoms with van der Waals surface area (Å²) in [7, 11) is 3.45. The number of ether oxygens (including phenoxy) is 2. The van der Waals surface area contributed by atoms with Crippen LogP contribution in [0, 0.1) is 5.92 Å². The number of amides is 1. The molecule has 7 heteroatoms. The number of guanidine groups is 1. The van der Waals surface area contributed by atoms with E-state index in [4.69, 9.17) is 9.47 Å². The van der Waals surface area contributed by atoms with Crippen LogP contribution in [0.4, 0.5) is 4.79 Å². The molecule has 0 spiro atoms. The summed E-state index contributed by atoms with van der Waals surface area (Å²) in [4.78, 5) is 18.1. The standard InChI is InChI=1S/C17H34N4O3/c1-13(12-23-6)20-15(18-5)19-11-14-7-9-21(10-8-14)16(22)24-17(2,3)4/h13-14H,7-12H2,1-6H3,(H2,18,19,20). The van der Waals surface area contributed by atoms with E-state index in [1.165, 1.54) is 0 Å². The van der Waals surface area contributed by atoms with Gasteiger partial charge in [-0.1, -0.05) is 0 Å². The molecular formula is C17H34N4O3. The maximum Gasteiger partial charge on any atom is 0.410 e. The zero-order valence-electron chi connectivity index (χ0n) is 16.0. The molecule has 1 heterocycles. The van der Waals surface area contributed by atoms with E-state index in [0.29, 0.717) is 12.5 Å². The highest BCUT2D eigenvalue weighted by Crippen LogP contribution is 2.19. The normalized spacial score (nSPS) is 18.2. The first kappa shape index (κ1) is 20.5. The van der Waals surface area contributed by atoms with Crippen LogP contribution < -0.4 is 10.6 Å². The number of hydrogen-bond acceptors (Lipinski definition) is 4. The van der Waals surface area contributed by atoms with Gasteiger partial charge in [0.05, 0.1) is 6.61 Å². The molecule has 1 aliphatic heterocycles. The Morgan fingerprint density at radius 1 is 1.33 bits per heavy atom. The van der Waals surface area contributed by atoms with E-state index in [-0.39, 0.29) is 12.1 Å². The summed E-state index contributed by atoms with van der Waals surface area (Å²) >= 11 is 0. The molecule has 1 saturated heterocycles. The van der Waals surface area contributed by atoms with Gasteiger partial charge in [-0.15, -0.1) is 0 Å². The quantitative estimate of drug-likeness (QED) is 0.589. The third kappa shape index (κ3) is 7.86. The molecule has 1 unspecified atom stereocenters. The van der Waals surface area contributed by atoms with Crippen molar-refractivity contribution >= 4 is 12.1 Å². The zero-order chi connectivity index (χ0) is 18.2. The molecular weight excluding hydrogens is 308 g/mol. The lowest BCUT2D eigenvalue weighted by Crippen LogP contribution is -2.47. The SMILES string of the molecule is CN=C(NCC1CCN(C(=O)OC(C)(C)C)CC1)NC(C)COC. The Morgan fingerprint density at radius 3 is 2.46 bits per heavy atom. The maximum absolute atomic E-state index is 12.1. The molecule has 0 aromatic heterocycles.